The fraction of sp³-hybridized carbons (Fsp3) is 0.370. The lowest BCUT2D eigenvalue weighted by Crippen LogP contribution is -2.47. The molecule has 3 aromatic rings. The van der Waals surface area contributed by atoms with Gasteiger partial charge in [0.15, 0.2) is 5.69 Å². The smallest absolute Gasteiger partial charge is 0.328 e. The molecule has 1 fully saturated rings. The van der Waals surface area contributed by atoms with Crippen molar-refractivity contribution in [2.45, 2.75) is 38.1 Å². The van der Waals surface area contributed by atoms with E-state index in [2.05, 4.69) is 10.4 Å². The van der Waals surface area contributed by atoms with Gasteiger partial charge in [-0.25, -0.2) is 13.9 Å². The molecule has 1 amide bonds. The zero-order valence-corrected chi connectivity index (χ0v) is 20.6. The van der Waals surface area contributed by atoms with Crippen LogP contribution in [0.2, 0.25) is 0 Å². The minimum atomic E-state index is -0.761. The molecule has 0 radical (unpaired) electrons. The van der Waals surface area contributed by atoms with Gasteiger partial charge in [-0.1, -0.05) is 25.3 Å². The minimum absolute atomic E-state index is 0.00289. The first-order valence-electron chi connectivity index (χ1n) is 11.9. The molecule has 4 rings (SSSR count). The van der Waals surface area contributed by atoms with E-state index in [1.54, 1.807) is 36.4 Å². The average Bonchev–Trinajstić information content (AvgIpc) is 3.36. The van der Waals surface area contributed by atoms with E-state index in [1.165, 1.54) is 38.1 Å². The van der Waals surface area contributed by atoms with Gasteiger partial charge < -0.3 is 19.5 Å². The van der Waals surface area contributed by atoms with Crippen molar-refractivity contribution in [3.05, 3.63) is 60.0 Å². The number of nitrogens with zero attached hydrogens (tertiary/aromatic N) is 2. The van der Waals surface area contributed by atoms with E-state index in [0.29, 0.717) is 28.4 Å². The molecule has 0 saturated heterocycles. The fourth-order valence-corrected chi connectivity index (χ4v) is 4.73. The van der Waals surface area contributed by atoms with Gasteiger partial charge in [0.1, 0.15) is 23.4 Å². The van der Waals surface area contributed by atoms with E-state index in [0.717, 1.165) is 32.1 Å². The van der Waals surface area contributed by atoms with Crippen LogP contribution in [0, 0.1) is 11.7 Å². The van der Waals surface area contributed by atoms with Gasteiger partial charge in [0, 0.05) is 0 Å². The zero-order valence-electron chi connectivity index (χ0n) is 20.6. The molecule has 0 bridgehead atoms. The van der Waals surface area contributed by atoms with E-state index in [-0.39, 0.29) is 11.6 Å². The minimum Gasteiger partial charge on any atom is -0.496 e. The molecule has 2 aromatic carbocycles. The van der Waals surface area contributed by atoms with Crippen molar-refractivity contribution >= 4 is 11.9 Å². The third-order valence-corrected chi connectivity index (χ3v) is 6.56. The molecule has 8 nitrogen and oxygen atoms in total. The number of methoxy groups -OCH3 is 3. The predicted molar refractivity (Wildman–Crippen MR) is 132 cm³/mol. The van der Waals surface area contributed by atoms with Crippen molar-refractivity contribution in [2.24, 2.45) is 5.92 Å². The average molecular weight is 496 g/mol. The van der Waals surface area contributed by atoms with E-state index in [1.807, 2.05) is 0 Å². The second-order valence-electron chi connectivity index (χ2n) is 8.71. The molecule has 1 atom stereocenters. The molecule has 0 aliphatic heterocycles. The van der Waals surface area contributed by atoms with Crippen molar-refractivity contribution in [1.29, 1.82) is 0 Å². The third-order valence-electron chi connectivity index (χ3n) is 6.56. The second-order valence-corrected chi connectivity index (χ2v) is 8.71. The summed E-state index contributed by atoms with van der Waals surface area (Å²) >= 11 is 0. The van der Waals surface area contributed by atoms with Crippen LogP contribution < -0.4 is 14.8 Å². The Kier molecular flexibility index (Phi) is 7.87. The standard InChI is InChI=1S/C27H30FN3O5/c1-34-22-10-7-11-23(35-2)24(22)21-16-20(30-31(21)19-14-12-18(28)13-15-19)26(32)29-25(27(33)36-3)17-8-5-4-6-9-17/h7,10-17,25H,4-6,8-9H2,1-3H3,(H,29,32)/t25-/m1/s1. The monoisotopic (exact) mass is 495 g/mol. The molecule has 1 aliphatic rings. The second kappa shape index (κ2) is 11.2. The van der Waals surface area contributed by atoms with E-state index < -0.39 is 23.7 Å². The first-order valence-corrected chi connectivity index (χ1v) is 11.9. The molecule has 1 heterocycles. The largest absolute Gasteiger partial charge is 0.496 e. The lowest BCUT2D eigenvalue weighted by Gasteiger charge is -2.28. The summed E-state index contributed by atoms with van der Waals surface area (Å²) in [4.78, 5) is 26.0. The SMILES string of the molecule is COC(=O)[C@H](NC(=O)c1cc(-c2c(OC)cccc2OC)n(-c2ccc(F)cc2)n1)C1CCCCC1. The van der Waals surface area contributed by atoms with Gasteiger partial charge in [-0.3, -0.25) is 4.79 Å². The van der Waals surface area contributed by atoms with Gasteiger partial charge in [0.05, 0.1) is 38.3 Å². The molecular formula is C27H30FN3O5. The Bertz CT molecular complexity index is 1200. The van der Waals surface area contributed by atoms with Crippen LogP contribution in [0.25, 0.3) is 16.9 Å². The van der Waals surface area contributed by atoms with Crippen LogP contribution >= 0.6 is 0 Å². The Labute approximate surface area is 209 Å². The van der Waals surface area contributed by atoms with Gasteiger partial charge in [0.2, 0.25) is 0 Å². The Morgan fingerprint density at radius 2 is 1.64 bits per heavy atom. The zero-order chi connectivity index (χ0) is 25.7. The maximum atomic E-state index is 13.6. The number of amides is 1. The molecule has 36 heavy (non-hydrogen) atoms. The quantitative estimate of drug-likeness (QED) is 0.461. The maximum Gasteiger partial charge on any atom is 0.328 e. The highest BCUT2D eigenvalue weighted by Crippen LogP contribution is 2.39. The summed E-state index contributed by atoms with van der Waals surface area (Å²) in [6, 6.07) is 11.9. The highest BCUT2D eigenvalue weighted by atomic mass is 19.1. The number of hydrogen-bond acceptors (Lipinski definition) is 6. The van der Waals surface area contributed by atoms with Crippen LogP contribution in [0.5, 0.6) is 11.5 Å². The Balaban J connectivity index is 1.78. The summed E-state index contributed by atoms with van der Waals surface area (Å²) in [5.41, 5.74) is 1.71. The molecule has 1 aromatic heterocycles. The van der Waals surface area contributed by atoms with Gasteiger partial charge in [-0.15, -0.1) is 0 Å². The number of benzene rings is 2. The number of halogens is 1. The molecule has 1 N–H and O–H groups in total. The number of rotatable bonds is 8. The van der Waals surface area contributed by atoms with E-state index in [9.17, 15) is 14.0 Å². The van der Waals surface area contributed by atoms with Crippen LogP contribution in [0.4, 0.5) is 4.39 Å². The fourth-order valence-electron chi connectivity index (χ4n) is 4.73. The van der Waals surface area contributed by atoms with Gasteiger partial charge in [-0.05, 0) is 61.2 Å². The molecular weight excluding hydrogens is 465 g/mol. The molecule has 190 valence electrons. The van der Waals surface area contributed by atoms with Crippen LogP contribution in [-0.4, -0.2) is 49.0 Å². The number of esters is 1. The molecule has 1 saturated carbocycles. The van der Waals surface area contributed by atoms with Crippen molar-refractivity contribution in [3.63, 3.8) is 0 Å². The number of aromatic nitrogens is 2. The summed E-state index contributed by atoms with van der Waals surface area (Å²) in [7, 11) is 4.39. The van der Waals surface area contributed by atoms with Gasteiger partial charge >= 0.3 is 5.97 Å². The maximum absolute atomic E-state index is 13.6. The third kappa shape index (κ3) is 5.19. The number of carbonyl (C=O) groups excluding carboxylic acids is 2. The first-order chi connectivity index (χ1) is 17.5. The number of hydrogen-bond donors (Lipinski definition) is 1. The number of carbonyl (C=O) groups is 2. The summed E-state index contributed by atoms with van der Waals surface area (Å²) in [5.74, 6) is -0.345. The van der Waals surface area contributed by atoms with Crippen LogP contribution in [0.1, 0.15) is 42.6 Å². The van der Waals surface area contributed by atoms with Crippen molar-refractivity contribution in [2.75, 3.05) is 21.3 Å². The highest BCUT2D eigenvalue weighted by Gasteiger charge is 2.33. The van der Waals surface area contributed by atoms with Crippen molar-refractivity contribution in [3.8, 4) is 28.4 Å². The summed E-state index contributed by atoms with van der Waals surface area (Å²) < 4.78 is 31.3. The molecule has 0 unspecified atom stereocenters. The Hall–Kier alpha value is -3.88. The topological polar surface area (TPSA) is 91.7 Å². The van der Waals surface area contributed by atoms with Crippen molar-refractivity contribution < 1.29 is 28.2 Å². The van der Waals surface area contributed by atoms with E-state index >= 15 is 0 Å². The molecule has 0 spiro atoms. The summed E-state index contributed by atoms with van der Waals surface area (Å²) in [6.07, 6.45) is 4.81. The van der Waals surface area contributed by atoms with Crippen LogP contribution in [0.15, 0.2) is 48.5 Å². The lowest BCUT2D eigenvalue weighted by molar-refractivity contribution is -0.144. The number of ether oxygens (including phenoxy) is 3. The van der Waals surface area contributed by atoms with Crippen LogP contribution in [0.3, 0.4) is 0 Å². The predicted octanol–water partition coefficient (Wildman–Crippen LogP) is 4.55. The summed E-state index contributed by atoms with van der Waals surface area (Å²) in [5, 5.41) is 7.39. The Morgan fingerprint density at radius 1 is 1.00 bits per heavy atom. The molecule has 1 aliphatic carbocycles. The summed E-state index contributed by atoms with van der Waals surface area (Å²) in [6.45, 7) is 0. The van der Waals surface area contributed by atoms with Crippen LogP contribution in [-0.2, 0) is 9.53 Å². The molecule has 9 heteroatoms. The normalized spacial score (nSPS) is 14.7. The van der Waals surface area contributed by atoms with Gasteiger partial charge in [0.25, 0.3) is 5.91 Å². The highest BCUT2D eigenvalue weighted by molar-refractivity contribution is 5.96. The van der Waals surface area contributed by atoms with E-state index in [4.69, 9.17) is 14.2 Å². The number of nitrogens with one attached hydrogen (secondary N) is 1. The lowest BCUT2D eigenvalue weighted by atomic mass is 9.84. The van der Waals surface area contributed by atoms with Gasteiger partial charge in [-0.2, -0.15) is 5.10 Å². The first kappa shape index (κ1) is 25.2. The Morgan fingerprint density at radius 3 is 2.22 bits per heavy atom. The van der Waals surface area contributed by atoms with Crippen molar-refractivity contribution in [1.82, 2.24) is 15.1 Å².